The molecule has 1 aliphatic heterocycles. The number of esters is 1. The lowest BCUT2D eigenvalue weighted by Gasteiger charge is -2.29. The lowest BCUT2D eigenvalue weighted by molar-refractivity contribution is -0.207. The van der Waals surface area contributed by atoms with E-state index in [2.05, 4.69) is 13.8 Å². The summed E-state index contributed by atoms with van der Waals surface area (Å²) in [6, 6.07) is 11.9. The third-order valence-corrected chi connectivity index (χ3v) is 6.36. The Morgan fingerprint density at radius 2 is 1.59 bits per heavy atom. The molecule has 0 aliphatic carbocycles. The first-order chi connectivity index (χ1) is 16.6. The Bertz CT molecular complexity index is 872. The summed E-state index contributed by atoms with van der Waals surface area (Å²) in [7, 11) is 0. The van der Waals surface area contributed by atoms with E-state index >= 15 is 0 Å². The first kappa shape index (κ1) is 26.4. The predicted molar refractivity (Wildman–Crippen MR) is 133 cm³/mol. The van der Waals surface area contributed by atoms with Crippen LogP contribution < -0.4 is 4.74 Å². The van der Waals surface area contributed by atoms with Gasteiger partial charge in [-0.25, -0.2) is 9.18 Å². The quantitative estimate of drug-likeness (QED) is 0.170. The fourth-order valence-corrected chi connectivity index (χ4v) is 4.32. The summed E-state index contributed by atoms with van der Waals surface area (Å²) in [5, 5.41) is 0. The average molecular weight is 471 g/mol. The molecule has 5 heteroatoms. The summed E-state index contributed by atoms with van der Waals surface area (Å²) < 4.78 is 31.5. The van der Waals surface area contributed by atoms with Crippen LogP contribution in [0.4, 0.5) is 4.39 Å². The van der Waals surface area contributed by atoms with Crippen LogP contribution in [0.1, 0.15) is 99.4 Å². The van der Waals surface area contributed by atoms with Crippen molar-refractivity contribution in [1.29, 1.82) is 0 Å². The number of halogens is 1. The van der Waals surface area contributed by atoms with Gasteiger partial charge < -0.3 is 14.2 Å². The fourth-order valence-electron chi connectivity index (χ4n) is 4.32. The molecule has 1 heterocycles. The van der Waals surface area contributed by atoms with Crippen LogP contribution in [-0.4, -0.2) is 19.2 Å². The van der Waals surface area contributed by atoms with Crippen molar-refractivity contribution in [3.8, 4) is 5.75 Å². The standard InChI is InChI=1S/C29H39FO4/c1-3-5-6-7-8-9-10-12-22-13-16-25(17-14-22)34-28(31)24-15-18-26(27(30)19-24)29-32-20-23(11-4-2)21-33-29/h13-19,23,29H,3-12,20-21H2,1-2H3. The second-order valence-corrected chi connectivity index (χ2v) is 9.29. The second kappa shape index (κ2) is 14.2. The topological polar surface area (TPSA) is 44.8 Å². The smallest absolute Gasteiger partial charge is 0.343 e. The number of ether oxygens (including phenoxy) is 3. The normalized spacial score (nSPS) is 18.1. The summed E-state index contributed by atoms with van der Waals surface area (Å²) in [5.41, 5.74) is 1.70. The first-order valence-electron chi connectivity index (χ1n) is 12.9. The Morgan fingerprint density at radius 3 is 2.24 bits per heavy atom. The molecule has 3 rings (SSSR count). The minimum atomic E-state index is -0.734. The Balaban J connectivity index is 1.45. The zero-order valence-electron chi connectivity index (χ0n) is 20.7. The molecule has 1 aliphatic rings. The maximum atomic E-state index is 14.7. The molecule has 2 aromatic rings. The molecule has 0 saturated carbocycles. The van der Waals surface area contributed by atoms with Gasteiger partial charge in [-0.2, -0.15) is 0 Å². The van der Waals surface area contributed by atoms with Crippen molar-refractivity contribution in [2.45, 2.75) is 84.3 Å². The minimum Gasteiger partial charge on any atom is -0.423 e. The molecule has 0 spiro atoms. The summed E-state index contributed by atoms with van der Waals surface area (Å²) in [6.07, 6.45) is 11.4. The van der Waals surface area contributed by atoms with Crippen molar-refractivity contribution in [1.82, 2.24) is 0 Å². The summed E-state index contributed by atoms with van der Waals surface area (Å²) in [4.78, 5) is 12.5. The number of hydrogen-bond acceptors (Lipinski definition) is 4. The van der Waals surface area contributed by atoms with E-state index in [0.29, 0.717) is 30.4 Å². The Kier molecular flexibility index (Phi) is 11.0. The van der Waals surface area contributed by atoms with E-state index in [9.17, 15) is 9.18 Å². The van der Waals surface area contributed by atoms with Crippen LogP contribution in [-0.2, 0) is 15.9 Å². The number of carbonyl (C=O) groups excluding carboxylic acids is 1. The van der Waals surface area contributed by atoms with Crippen LogP contribution in [0.25, 0.3) is 0 Å². The predicted octanol–water partition coefficient (Wildman–Crippen LogP) is 7.80. The first-order valence-corrected chi connectivity index (χ1v) is 12.9. The van der Waals surface area contributed by atoms with Gasteiger partial charge in [-0.3, -0.25) is 0 Å². The summed E-state index contributed by atoms with van der Waals surface area (Å²) in [5.74, 6) is -0.309. The molecule has 0 aromatic heterocycles. The van der Waals surface area contributed by atoms with Gasteiger partial charge in [0.25, 0.3) is 0 Å². The van der Waals surface area contributed by atoms with Gasteiger partial charge in [0.2, 0.25) is 0 Å². The monoisotopic (exact) mass is 470 g/mol. The largest absolute Gasteiger partial charge is 0.423 e. The molecule has 0 unspecified atom stereocenters. The number of hydrogen-bond donors (Lipinski definition) is 0. The van der Waals surface area contributed by atoms with Crippen molar-refractivity contribution >= 4 is 5.97 Å². The molecule has 4 nitrogen and oxygen atoms in total. The van der Waals surface area contributed by atoms with Gasteiger partial charge in [0, 0.05) is 11.5 Å². The zero-order valence-corrected chi connectivity index (χ0v) is 20.7. The molecule has 1 saturated heterocycles. The summed E-state index contributed by atoms with van der Waals surface area (Å²) in [6.45, 7) is 5.46. The Labute approximate surface area is 203 Å². The number of rotatable bonds is 13. The maximum absolute atomic E-state index is 14.7. The van der Waals surface area contributed by atoms with Crippen LogP contribution in [0.5, 0.6) is 5.75 Å². The van der Waals surface area contributed by atoms with Crippen molar-refractivity contribution in [2.24, 2.45) is 5.92 Å². The molecule has 0 amide bonds. The molecule has 0 bridgehead atoms. The molecular weight excluding hydrogens is 431 g/mol. The molecule has 2 aromatic carbocycles. The van der Waals surface area contributed by atoms with E-state index in [1.165, 1.54) is 56.6 Å². The van der Waals surface area contributed by atoms with Crippen LogP contribution >= 0.6 is 0 Å². The van der Waals surface area contributed by atoms with Gasteiger partial charge in [0.1, 0.15) is 11.6 Å². The Hall–Kier alpha value is -2.24. The zero-order chi connectivity index (χ0) is 24.2. The molecule has 186 valence electrons. The van der Waals surface area contributed by atoms with Crippen molar-refractivity contribution in [3.05, 3.63) is 65.0 Å². The third kappa shape index (κ3) is 8.21. The number of unbranched alkanes of at least 4 members (excludes halogenated alkanes) is 6. The highest BCUT2D eigenvalue weighted by molar-refractivity contribution is 5.91. The number of aryl methyl sites for hydroxylation is 1. The van der Waals surface area contributed by atoms with E-state index in [-0.39, 0.29) is 5.56 Å². The van der Waals surface area contributed by atoms with E-state index in [1.54, 1.807) is 24.3 Å². The van der Waals surface area contributed by atoms with Gasteiger partial charge >= 0.3 is 5.97 Å². The molecule has 0 N–H and O–H groups in total. The lowest BCUT2D eigenvalue weighted by atomic mass is 10.0. The van der Waals surface area contributed by atoms with E-state index in [0.717, 1.165) is 19.3 Å². The van der Waals surface area contributed by atoms with Crippen LogP contribution in [0, 0.1) is 11.7 Å². The second-order valence-electron chi connectivity index (χ2n) is 9.29. The average Bonchev–Trinajstić information content (AvgIpc) is 2.85. The minimum absolute atomic E-state index is 0.160. The highest BCUT2D eigenvalue weighted by Crippen LogP contribution is 2.29. The highest BCUT2D eigenvalue weighted by Gasteiger charge is 2.26. The van der Waals surface area contributed by atoms with Crippen molar-refractivity contribution in [3.63, 3.8) is 0 Å². The summed E-state index contributed by atoms with van der Waals surface area (Å²) >= 11 is 0. The van der Waals surface area contributed by atoms with Gasteiger partial charge in [0.15, 0.2) is 6.29 Å². The highest BCUT2D eigenvalue weighted by atomic mass is 19.1. The molecule has 0 radical (unpaired) electrons. The fraction of sp³-hybridized carbons (Fsp3) is 0.552. The van der Waals surface area contributed by atoms with Crippen molar-refractivity contribution in [2.75, 3.05) is 13.2 Å². The van der Waals surface area contributed by atoms with Gasteiger partial charge in [-0.15, -0.1) is 0 Å². The van der Waals surface area contributed by atoms with Gasteiger partial charge in [-0.1, -0.05) is 77.0 Å². The molecule has 0 atom stereocenters. The maximum Gasteiger partial charge on any atom is 0.343 e. The van der Waals surface area contributed by atoms with Crippen LogP contribution in [0.2, 0.25) is 0 Å². The van der Waals surface area contributed by atoms with E-state index in [4.69, 9.17) is 14.2 Å². The third-order valence-electron chi connectivity index (χ3n) is 6.36. The number of benzene rings is 2. The van der Waals surface area contributed by atoms with E-state index in [1.807, 2.05) is 12.1 Å². The molecular formula is C29H39FO4. The van der Waals surface area contributed by atoms with Gasteiger partial charge in [-0.05, 0) is 49.1 Å². The molecule has 1 fully saturated rings. The van der Waals surface area contributed by atoms with E-state index < -0.39 is 18.1 Å². The van der Waals surface area contributed by atoms with Gasteiger partial charge in [0.05, 0.1) is 18.8 Å². The lowest BCUT2D eigenvalue weighted by Crippen LogP contribution is -2.27. The molecule has 34 heavy (non-hydrogen) atoms. The van der Waals surface area contributed by atoms with Crippen LogP contribution in [0.3, 0.4) is 0 Å². The van der Waals surface area contributed by atoms with Crippen LogP contribution in [0.15, 0.2) is 42.5 Å². The SMILES string of the molecule is CCCCCCCCCc1ccc(OC(=O)c2ccc(C3OCC(CCC)CO3)c(F)c2)cc1. The Morgan fingerprint density at radius 1 is 0.912 bits per heavy atom. The number of carbonyl (C=O) groups is 1. The van der Waals surface area contributed by atoms with Crippen molar-refractivity contribution < 1.29 is 23.4 Å².